The number of nitrogens with zero attached hydrogens (tertiary/aromatic N) is 5. The van der Waals surface area contributed by atoms with E-state index >= 15 is 0 Å². The summed E-state index contributed by atoms with van der Waals surface area (Å²) in [5, 5.41) is 11.4. The number of carbonyl (C=O) groups excluding carboxylic acids is 1. The second kappa shape index (κ2) is 4.96. The summed E-state index contributed by atoms with van der Waals surface area (Å²) in [6, 6.07) is 7.41. The normalized spacial score (nSPS) is 10.7. The van der Waals surface area contributed by atoms with Crippen LogP contribution >= 0.6 is 0 Å². The summed E-state index contributed by atoms with van der Waals surface area (Å²) in [7, 11) is 0. The SMILES string of the molecule is CCOC(=O)NNc1nc2ccccc2n2nnnc12. The Morgan fingerprint density at radius 1 is 1.40 bits per heavy atom. The van der Waals surface area contributed by atoms with Crippen LogP contribution in [0.25, 0.3) is 16.7 Å². The van der Waals surface area contributed by atoms with Crippen molar-refractivity contribution < 1.29 is 9.53 Å². The number of amides is 1. The lowest BCUT2D eigenvalue weighted by molar-refractivity contribution is 0.154. The van der Waals surface area contributed by atoms with Crippen LogP contribution < -0.4 is 10.9 Å². The predicted octanol–water partition coefficient (Wildman–Crippen LogP) is 0.745. The maximum atomic E-state index is 11.3. The number of hydrogen-bond acceptors (Lipinski definition) is 7. The summed E-state index contributed by atoms with van der Waals surface area (Å²) in [5.74, 6) is 0.335. The molecule has 1 amide bonds. The van der Waals surface area contributed by atoms with Gasteiger partial charge in [-0.2, -0.15) is 4.52 Å². The molecular weight excluding hydrogens is 262 g/mol. The monoisotopic (exact) mass is 273 g/mol. The largest absolute Gasteiger partial charge is 0.449 e. The van der Waals surface area contributed by atoms with Gasteiger partial charge in [0.1, 0.15) is 0 Å². The molecule has 0 aliphatic rings. The zero-order valence-corrected chi connectivity index (χ0v) is 10.6. The molecule has 0 aliphatic heterocycles. The molecule has 3 rings (SSSR count). The number of hydrogen-bond donors (Lipinski definition) is 2. The minimum Gasteiger partial charge on any atom is -0.449 e. The number of anilines is 1. The molecule has 0 aliphatic carbocycles. The third-order valence-corrected chi connectivity index (χ3v) is 2.58. The Bertz CT molecular complexity index is 770. The van der Waals surface area contributed by atoms with E-state index in [9.17, 15) is 4.79 Å². The molecule has 0 bridgehead atoms. The van der Waals surface area contributed by atoms with E-state index in [4.69, 9.17) is 4.74 Å². The molecule has 1 aromatic carbocycles. The molecule has 0 unspecified atom stereocenters. The van der Waals surface area contributed by atoms with Crippen LogP contribution in [0.5, 0.6) is 0 Å². The van der Waals surface area contributed by atoms with Crippen LogP contribution in [-0.2, 0) is 4.74 Å². The standard InChI is InChI=1S/C11H11N7O2/c1-2-20-11(19)15-13-9-10-14-16-17-18(10)8-6-4-3-5-7(8)12-9/h3-6H,2H2,1H3,(H,12,13)(H,15,19). The second-order valence-corrected chi connectivity index (χ2v) is 3.83. The molecular formula is C11H11N7O2. The van der Waals surface area contributed by atoms with E-state index < -0.39 is 6.09 Å². The Morgan fingerprint density at radius 3 is 3.10 bits per heavy atom. The highest BCUT2D eigenvalue weighted by Crippen LogP contribution is 2.17. The van der Waals surface area contributed by atoms with Crippen molar-refractivity contribution in [1.82, 2.24) is 30.5 Å². The van der Waals surface area contributed by atoms with E-state index in [1.165, 1.54) is 4.52 Å². The molecule has 2 aromatic heterocycles. The van der Waals surface area contributed by atoms with Gasteiger partial charge in [0.2, 0.25) is 5.65 Å². The Morgan fingerprint density at radius 2 is 2.25 bits per heavy atom. The quantitative estimate of drug-likeness (QED) is 0.678. The summed E-state index contributed by atoms with van der Waals surface area (Å²) < 4.78 is 6.29. The van der Waals surface area contributed by atoms with Crippen molar-refractivity contribution in [3.8, 4) is 0 Å². The van der Waals surface area contributed by atoms with E-state index in [1.54, 1.807) is 6.92 Å². The molecule has 9 nitrogen and oxygen atoms in total. The highest BCUT2D eigenvalue weighted by molar-refractivity contribution is 5.82. The Kier molecular flexibility index (Phi) is 2.99. The molecule has 0 radical (unpaired) electrons. The zero-order valence-electron chi connectivity index (χ0n) is 10.6. The molecule has 0 atom stereocenters. The third-order valence-electron chi connectivity index (χ3n) is 2.58. The van der Waals surface area contributed by atoms with Crippen LogP contribution in [0, 0.1) is 0 Å². The molecule has 102 valence electrons. The molecule has 2 N–H and O–H groups in total. The molecule has 0 saturated carbocycles. The minimum absolute atomic E-state index is 0.278. The van der Waals surface area contributed by atoms with E-state index in [1.807, 2.05) is 24.3 Å². The van der Waals surface area contributed by atoms with Crippen LogP contribution in [0.2, 0.25) is 0 Å². The number of nitrogens with one attached hydrogen (secondary N) is 2. The van der Waals surface area contributed by atoms with E-state index in [0.717, 1.165) is 5.52 Å². The van der Waals surface area contributed by atoms with Gasteiger partial charge in [0, 0.05) is 0 Å². The van der Waals surface area contributed by atoms with Gasteiger partial charge in [-0.05, 0) is 29.5 Å². The first-order valence-electron chi connectivity index (χ1n) is 5.95. The summed E-state index contributed by atoms with van der Waals surface area (Å²) in [5.41, 5.74) is 6.89. The summed E-state index contributed by atoms with van der Waals surface area (Å²) in [6.07, 6.45) is -0.604. The predicted molar refractivity (Wildman–Crippen MR) is 69.9 cm³/mol. The number of tetrazole rings is 1. The Labute approximate surface area is 112 Å². The van der Waals surface area contributed by atoms with Crippen molar-refractivity contribution in [2.24, 2.45) is 0 Å². The van der Waals surface area contributed by atoms with Gasteiger partial charge >= 0.3 is 6.09 Å². The molecule has 2 heterocycles. The van der Waals surface area contributed by atoms with Crippen molar-refractivity contribution in [1.29, 1.82) is 0 Å². The molecule has 0 spiro atoms. The fourth-order valence-electron chi connectivity index (χ4n) is 1.77. The lowest BCUT2D eigenvalue weighted by Crippen LogP contribution is -2.30. The van der Waals surface area contributed by atoms with Gasteiger partial charge in [0.25, 0.3) is 0 Å². The third kappa shape index (κ3) is 2.05. The van der Waals surface area contributed by atoms with Gasteiger partial charge in [-0.3, -0.25) is 5.43 Å². The Hall–Kier alpha value is -2.97. The van der Waals surface area contributed by atoms with Crippen molar-refractivity contribution >= 4 is 28.6 Å². The maximum Gasteiger partial charge on any atom is 0.425 e. The van der Waals surface area contributed by atoms with E-state index in [2.05, 4.69) is 31.4 Å². The van der Waals surface area contributed by atoms with Gasteiger partial charge < -0.3 is 4.74 Å². The first kappa shape index (κ1) is 12.1. The van der Waals surface area contributed by atoms with E-state index in [-0.39, 0.29) is 6.61 Å². The van der Waals surface area contributed by atoms with Gasteiger partial charge in [-0.1, -0.05) is 12.1 Å². The molecule has 3 aromatic rings. The fourth-order valence-corrected chi connectivity index (χ4v) is 1.77. The van der Waals surface area contributed by atoms with E-state index in [0.29, 0.717) is 17.0 Å². The number of para-hydroxylation sites is 2. The first-order valence-corrected chi connectivity index (χ1v) is 5.95. The fraction of sp³-hybridized carbons (Fsp3) is 0.182. The van der Waals surface area contributed by atoms with Gasteiger partial charge in [0.15, 0.2) is 5.82 Å². The number of ether oxygens (including phenoxy) is 1. The number of aromatic nitrogens is 5. The van der Waals surface area contributed by atoms with Crippen LogP contribution in [0.1, 0.15) is 6.92 Å². The summed E-state index contributed by atoms with van der Waals surface area (Å²) in [6.45, 7) is 2.00. The number of fused-ring (bicyclic) bond motifs is 3. The highest BCUT2D eigenvalue weighted by Gasteiger charge is 2.11. The Balaban J connectivity index is 2.00. The smallest absolute Gasteiger partial charge is 0.425 e. The second-order valence-electron chi connectivity index (χ2n) is 3.83. The molecule has 0 fully saturated rings. The molecule has 20 heavy (non-hydrogen) atoms. The van der Waals surface area contributed by atoms with Crippen LogP contribution in [0.3, 0.4) is 0 Å². The average Bonchev–Trinajstić information content (AvgIpc) is 2.95. The first-order chi connectivity index (χ1) is 9.79. The lowest BCUT2D eigenvalue weighted by Gasteiger charge is -2.09. The lowest BCUT2D eigenvalue weighted by atomic mass is 10.3. The average molecular weight is 273 g/mol. The van der Waals surface area contributed by atoms with Crippen LogP contribution in [0.4, 0.5) is 10.6 Å². The van der Waals surface area contributed by atoms with Crippen molar-refractivity contribution in [3.63, 3.8) is 0 Å². The zero-order chi connectivity index (χ0) is 13.9. The van der Waals surface area contributed by atoms with Gasteiger partial charge in [-0.15, -0.1) is 5.10 Å². The summed E-state index contributed by atoms with van der Waals surface area (Å²) >= 11 is 0. The number of benzene rings is 1. The van der Waals surface area contributed by atoms with Crippen molar-refractivity contribution in [2.45, 2.75) is 6.92 Å². The van der Waals surface area contributed by atoms with Crippen molar-refractivity contribution in [3.05, 3.63) is 24.3 Å². The number of rotatable bonds is 3. The van der Waals surface area contributed by atoms with Crippen LogP contribution in [0.15, 0.2) is 24.3 Å². The highest BCUT2D eigenvalue weighted by atomic mass is 16.5. The van der Waals surface area contributed by atoms with Gasteiger partial charge in [0.05, 0.1) is 17.6 Å². The minimum atomic E-state index is -0.604. The number of hydrazine groups is 1. The maximum absolute atomic E-state index is 11.3. The molecule has 0 saturated heterocycles. The molecule has 9 heteroatoms. The van der Waals surface area contributed by atoms with Crippen LogP contribution in [-0.4, -0.2) is 37.7 Å². The summed E-state index contributed by atoms with van der Waals surface area (Å²) in [4.78, 5) is 15.6. The van der Waals surface area contributed by atoms with Gasteiger partial charge in [-0.25, -0.2) is 15.2 Å². The number of carbonyl (C=O) groups is 1. The topological polar surface area (TPSA) is 106 Å². The van der Waals surface area contributed by atoms with Crippen molar-refractivity contribution in [2.75, 3.05) is 12.0 Å².